The fourth-order valence-electron chi connectivity index (χ4n) is 1.60. The van der Waals surface area contributed by atoms with Crippen LogP contribution in [0.25, 0.3) is 0 Å². The normalized spacial score (nSPS) is 17.0. The highest BCUT2D eigenvalue weighted by molar-refractivity contribution is 5.47. The van der Waals surface area contributed by atoms with Crippen LogP contribution in [0.15, 0.2) is 6.07 Å². The molecule has 0 bridgehead atoms. The number of rotatable bonds is 4. The van der Waals surface area contributed by atoms with Crippen molar-refractivity contribution in [3.8, 4) is 0 Å². The van der Waals surface area contributed by atoms with Crippen molar-refractivity contribution in [3.63, 3.8) is 0 Å². The van der Waals surface area contributed by atoms with Gasteiger partial charge < -0.3 is 10.7 Å². The van der Waals surface area contributed by atoms with E-state index < -0.39 is 11.6 Å². The fraction of sp³-hybridized carbons (Fsp3) is 0.500. The summed E-state index contributed by atoms with van der Waals surface area (Å²) in [6, 6.07) is 0.905. The zero-order chi connectivity index (χ0) is 11.7. The van der Waals surface area contributed by atoms with Crippen LogP contribution in [0.3, 0.4) is 0 Å². The minimum Gasteiger partial charge on any atom is -0.365 e. The summed E-state index contributed by atoms with van der Waals surface area (Å²) in [5.74, 6) is 4.00. The highest BCUT2D eigenvalue weighted by atomic mass is 19.1. The Balaban J connectivity index is 2.18. The Kier molecular flexibility index (Phi) is 2.91. The average Bonchev–Trinajstić information content (AvgIpc) is 3.05. The van der Waals surface area contributed by atoms with Crippen LogP contribution in [-0.4, -0.2) is 11.0 Å². The highest BCUT2D eigenvalue weighted by Gasteiger charge is 2.28. The van der Waals surface area contributed by atoms with Gasteiger partial charge in [-0.15, -0.1) is 0 Å². The van der Waals surface area contributed by atoms with E-state index in [0.717, 1.165) is 18.9 Å². The molecule has 1 heterocycles. The molecule has 1 aromatic rings. The summed E-state index contributed by atoms with van der Waals surface area (Å²) < 4.78 is 26.4. The second kappa shape index (κ2) is 4.21. The van der Waals surface area contributed by atoms with E-state index in [1.54, 1.807) is 0 Å². The van der Waals surface area contributed by atoms with Crippen LogP contribution in [0.1, 0.15) is 19.8 Å². The van der Waals surface area contributed by atoms with Gasteiger partial charge in [0.15, 0.2) is 23.3 Å². The SMILES string of the molecule is CC(Nc1nc(NN)c(F)cc1F)C1CC1. The van der Waals surface area contributed by atoms with Crippen molar-refractivity contribution < 1.29 is 8.78 Å². The zero-order valence-corrected chi connectivity index (χ0v) is 8.93. The van der Waals surface area contributed by atoms with Crippen LogP contribution in [0.2, 0.25) is 0 Å². The van der Waals surface area contributed by atoms with Crippen LogP contribution in [0, 0.1) is 17.6 Å². The van der Waals surface area contributed by atoms with Gasteiger partial charge in [0, 0.05) is 12.1 Å². The molecule has 88 valence electrons. The topological polar surface area (TPSA) is 63.0 Å². The summed E-state index contributed by atoms with van der Waals surface area (Å²) >= 11 is 0. The lowest BCUT2D eigenvalue weighted by Crippen LogP contribution is -2.20. The van der Waals surface area contributed by atoms with Gasteiger partial charge in [0.05, 0.1) is 0 Å². The molecule has 1 aromatic heterocycles. The van der Waals surface area contributed by atoms with Crippen LogP contribution in [-0.2, 0) is 0 Å². The quantitative estimate of drug-likeness (QED) is 0.543. The number of halogens is 2. The summed E-state index contributed by atoms with van der Waals surface area (Å²) in [6.07, 6.45) is 2.28. The number of nitrogens with two attached hydrogens (primary N) is 1. The Morgan fingerprint density at radius 2 is 2.00 bits per heavy atom. The van der Waals surface area contributed by atoms with Crippen LogP contribution < -0.4 is 16.6 Å². The van der Waals surface area contributed by atoms with Gasteiger partial charge in [0.1, 0.15) is 0 Å². The number of hydrazine groups is 1. The maximum atomic E-state index is 13.4. The Bertz CT molecular complexity index is 393. The molecule has 1 fully saturated rings. The number of nitrogen functional groups attached to an aromatic ring is 1. The van der Waals surface area contributed by atoms with E-state index >= 15 is 0 Å². The van der Waals surface area contributed by atoms with E-state index in [1.165, 1.54) is 0 Å². The number of nitrogens with zero attached hydrogens (tertiary/aromatic N) is 1. The molecule has 1 aliphatic rings. The molecule has 0 amide bonds. The van der Waals surface area contributed by atoms with Crippen molar-refractivity contribution >= 4 is 11.6 Å². The molecule has 16 heavy (non-hydrogen) atoms. The molecule has 4 nitrogen and oxygen atoms in total. The molecule has 1 saturated carbocycles. The molecule has 0 radical (unpaired) electrons. The first-order valence-electron chi connectivity index (χ1n) is 5.21. The molecule has 1 atom stereocenters. The standard InChI is InChI=1S/C10H14F2N4/c1-5(6-2-3-6)14-9-7(11)4-8(12)10(15-9)16-13/h4-6H,2-3,13H2,1H3,(H2,14,15,16). The third kappa shape index (κ3) is 2.21. The van der Waals surface area contributed by atoms with Gasteiger partial charge in [0.25, 0.3) is 0 Å². The first-order valence-corrected chi connectivity index (χ1v) is 5.21. The smallest absolute Gasteiger partial charge is 0.178 e. The lowest BCUT2D eigenvalue weighted by molar-refractivity contribution is 0.573. The van der Waals surface area contributed by atoms with Crippen LogP contribution >= 0.6 is 0 Å². The Hall–Kier alpha value is -1.43. The third-order valence-corrected chi connectivity index (χ3v) is 2.76. The van der Waals surface area contributed by atoms with E-state index in [4.69, 9.17) is 5.84 Å². The van der Waals surface area contributed by atoms with Gasteiger partial charge >= 0.3 is 0 Å². The van der Waals surface area contributed by atoms with E-state index in [-0.39, 0.29) is 17.7 Å². The second-order valence-corrected chi connectivity index (χ2v) is 4.06. The Labute approximate surface area is 92.2 Å². The van der Waals surface area contributed by atoms with Crippen molar-refractivity contribution in [2.24, 2.45) is 11.8 Å². The number of nitrogens with one attached hydrogen (secondary N) is 2. The molecule has 6 heteroatoms. The average molecular weight is 228 g/mol. The summed E-state index contributed by atoms with van der Waals surface area (Å²) in [5, 5.41) is 2.93. The lowest BCUT2D eigenvalue weighted by Gasteiger charge is -2.15. The van der Waals surface area contributed by atoms with E-state index in [2.05, 4.69) is 15.7 Å². The van der Waals surface area contributed by atoms with Gasteiger partial charge in [-0.05, 0) is 25.7 Å². The first-order chi connectivity index (χ1) is 7.61. The number of aromatic nitrogens is 1. The van der Waals surface area contributed by atoms with E-state index in [0.29, 0.717) is 5.92 Å². The minimum absolute atomic E-state index is 0.0359. The van der Waals surface area contributed by atoms with Gasteiger partial charge in [-0.2, -0.15) is 0 Å². The molecular formula is C10H14F2N4. The Morgan fingerprint density at radius 3 is 2.56 bits per heavy atom. The van der Waals surface area contributed by atoms with Crippen molar-refractivity contribution in [3.05, 3.63) is 17.7 Å². The number of hydrogen-bond acceptors (Lipinski definition) is 4. The molecule has 0 aromatic carbocycles. The predicted octanol–water partition coefficient (Wildman–Crippen LogP) is 1.86. The second-order valence-electron chi connectivity index (χ2n) is 4.06. The molecule has 1 unspecified atom stereocenters. The minimum atomic E-state index is -0.801. The van der Waals surface area contributed by atoms with Gasteiger partial charge in [-0.25, -0.2) is 19.6 Å². The monoisotopic (exact) mass is 228 g/mol. The zero-order valence-electron chi connectivity index (χ0n) is 8.93. The lowest BCUT2D eigenvalue weighted by atomic mass is 10.2. The molecule has 4 N–H and O–H groups in total. The Morgan fingerprint density at radius 1 is 1.38 bits per heavy atom. The molecule has 2 rings (SSSR count). The fourth-order valence-corrected chi connectivity index (χ4v) is 1.60. The predicted molar refractivity (Wildman–Crippen MR) is 57.8 cm³/mol. The van der Waals surface area contributed by atoms with Crippen molar-refractivity contribution in [1.29, 1.82) is 0 Å². The third-order valence-electron chi connectivity index (χ3n) is 2.76. The van der Waals surface area contributed by atoms with Crippen molar-refractivity contribution in [2.45, 2.75) is 25.8 Å². The number of anilines is 2. The van der Waals surface area contributed by atoms with Gasteiger partial charge in [-0.1, -0.05) is 0 Å². The molecular weight excluding hydrogens is 214 g/mol. The highest BCUT2D eigenvalue weighted by Crippen LogP contribution is 2.34. The van der Waals surface area contributed by atoms with Crippen LogP contribution in [0.5, 0.6) is 0 Å². The molecule has 0 aliphatic heterocycles. The number of hydrogen-bond donors (Lipinski definition) is 3. The molecule has 0 saturated heterocycles. The number of pyridine rings is 1. The van der Waals surface area contributed by atoms with Crippen molar-refractivity contribution in [1.82, 2.24) is 4.98 Å². The summed E-state index contributed by atoms with van der Waals surface area (Å²) in [6.45, 7) is 1.96. The molecule has 1 aliphatic carbocycles. The first kappa shape index (κ1) is 11.1. The summed E-state index contributed by atoms with van der Waals surface area (Å²) in [4.78, 5) is 3.74. The summed E-state index contributed by atoms with van der Waals surface area (Å²) in [5.41, 5.74) is 2.09. The molecule has 0 spiro atoms. The van der Waals surface area contributed by atoms with Crippen LogP contribution in [0.4, 0.5) is 20.4 Å². The van der Waals surface area contributed by atoms with Gasteiger partial charge in [0.2, 0.25) is 0 Å². The largest absolute Gasteiger partial charge is 0.365 e. The maximum Gasteiger partial charge on any atom is 0.178 e. The van der Waals surface area contributed by atoms with Gasteiger partial charge in [-0.3, -0.25) is 0 Å². The maximum absolute atomic E-state index is 13.4. The van der Waals surface area contributed by atoms with E-state index in [9.17, 15) is 8.78 Å². The summed E-state index contributed by atoms with van der Waals surface area (Å²) in [7, 11) is 0. The van der Waals surface area contributed by atoms with E-state index in [1.807, 2.05) is 6.92 Å². The van der Waals surface area contributed by atoms with Crippen molar-refractivity contribution in [2.75, 3.05) is 10.7 Å².